The molecule has 23 heavy (non-hydrogen) atoms. The molecule has 1 aromatic carbocycles. The van der Waals surface area contributed by atoms with Crippen molar-refractivity contribution in [3.63, 3.8) is 0 Å². The van der Waals surface area contributed by atoms with Gasteiger partial charge in [-0.3, -0.25) is 9.59 Å². The van der Waals surface area contributed by atoms with E-state index in [1.165, 1.54) is 0 Å². The van der Waals surface area contributed by atoms with E-state index in [1.54, 1.807) is 24.3 Å². The number of benzene rings is 1. The molecule has 2 amide bonds. The number of hydrogen-bond acceptors (Lipinski definition) is 3. The van der Waals surface area contributed by atoms with Crippen LogP contribution in [0.15, 0.2) is 24.3 Å². The topological polar surface area (TPSA) is 70.2 Å². The van der Waals surface area contributed by atoms with E-state index in [-0.39, 0.29) is 17.4 Å². The minimum absolute atomic E-state index is 0.0452. The maximum Gasteiger partial charge on any atom is 0.251 e. The van der Waals surface area contributed by atoms with Gasteiger partial charge in [0.05, 0.1) is 0 Å². The Morgan fingerprint density at radius 2 is 1.74 bits per heavy atom. The lowest BCUT2D eigenvalue weighted by Crippen LogP contribution is -2.40. The minimum Gasteiger partial charge on any atom is -0.347 e. The van der Waals surface area contributed by atoms with Crippen LogP contribution in [0.2, 0.25) is 0 Å². The van der Waals surface area contributed by atoms with E-state index in [1.807, 2.05) is 20.8 Å². The van der Waals surface area contributed by atoms with Crippen molar-refractivity contribution in [3.05, 3.63) is 29.8 Å². The van der Waals surface area contributed by atoms with Gasteiger partial charge in [-0.1, -0.05) is 0 Å². The maximum atomic E-state index is 12.1. The Morgan fingerprint density at radius 3 is 2.30 bits per heavy atom. The predicted octanol–water partition coefficient (Wildman–Crippen LogP) is 2.54. The first-order valence-corrected chi connectivity index (χ1v) is 8.27. The van der Waals surface area contributed by atoms with Crippen LogP contribution in [0.4, 0.5) is 5.69 Å². The Labute approximate surface area is 138 Å². The summed E-state index contributed by atoms with van der Waals surface area (Å²) < 4.78 is 0. The lowest BCUT2D eigenvalue weighted by Gasteiger charge is -2.22. The Hall–Kier alpha value is -1.88. The van der Waals surface area contributed by atoms with Crippen molar-refractivity contribution in [2.45, 2.75) is 45.6 Å². The van der Waals surface area contributed by atoms with Crippen molar-refractivity contribution >= 4 is 17.5 Å². The van der Waals surface area contributed by atoms with E-state index in [0.29, 0.717) is 17.9 Å². The van der Waals surface area contributed by atoms with Crippen LogP contribution in [0.1, 0.15) is 50.4 Å². The third-order valence-electron chi connectivity index (χ3n) is 3.85. The molecule has 1 saturated heterocycles. The highest BCUT2D eigenvalue weighted by atomic mass is 16.2. The number of carbonyl (C=O) groups is 2. The molecule has 0 aromatic heterocycles. The second-order valence-electron chi connectivity index (χ2n) is 7.23. The van der Waals surface area contributed by atoms with Crippen LogP contribution in [0.25, 0.3) is 0 Å². The molecule has 1 fully saturated rings. The fourth-order valence-corrected chi connectivity index (χ4v) is 2.68. The highest BCUT2D eigenvalue weighted by molar-refractivity contribution is 5.96. The summed E-state index contributed by atoms with van der Waals surface area (Å²) in [5.74, 6) is 0.405. The zero-order valence-corrected chi connectivity index (χ0v) is 14.2. The molecular formula is C18H27N3O2. The summed E-state index contributed by atoms with van der Waals surface area (Å²) in [4.78, 5) is 24.1. The number of rotatable bonds is 4. The molecule has 1 aliphatic heterocycles. The van der Waals surface area contributed by atoms with Crippen LogP contribution in [-0.2, 0) is 4.79 Å². The summed E-state index contributed by atoms with van der Waals surface area (Å²) in [5, 5.41) is 9.13. The lowest BCUT2D eigenvalue weighted by molar-refractivity contribution is -0.117. The normalized spacial score (nSPS) is 16.0. The third kappa shape index (κ3) is 6.02. The molecule has 0 radical (unpaired) electrons. The molecule has 0 saturated carbocycles. The molecule has 0 bridgehead atoms. The van der Waals surface area contributed by atoms with Gasteiger partial charge in [0.1, 0.15) is 0 Å². The van der Waals surface area contributed by atoms with Crippen LogP contribution < -0.4 is 16.0 Å². The Balaban J connectivity index is 1.86. The van der Waals surface area contributed by atoms with E-state index in [0.717, 1.165) is 31.6 Å². The van der Waals surface area contributed by atoms with Crippen molar-refractivity contribution in [1.82, 2.24) is 10.6 Å². The monoisotopic (exact) mass is 317 g/mol. The molecule has 0 unspecified atom stereocenters. The number of carbonyl (C=O) groups excluding carboxylic acids is 2. The fraction of sp³-hybridized carbons (Fsp3) is 0.556. The molecule has 1 aliphatic rings. The molecule has 0 atom stereocenters. The SMILES string of the molecule is CC(C)(C)NC(=O)c1ccc(NC(=O)CC2CCNCC2)cc1. The largest absolute Gasteiger partial charge is 0.347 e. The summed E-state index contributed by atoms with van der Waals surface area (Å²) in [5.41, 5.74) is 1.06. The van der Waals surface area contributed by atoms with Crippen LogP contribution in [0, 0.1) is 5.92 Å². The molecule has 2 rings (SSSR count). The molecule has 3 N–H and O–H groups in total. The first kappa shape index (κ1) is 17.5. The Bertz CT molecular complexity index is 540. The summed E-state index contributed by atoms with van der Waals surface area (Å²) in [6, 6.07) is 7.03. The second kappa shape index (κ2) is 7.59. The van der Waals surface area contributed by atoms with Gasteiger partial charge in [-0.2, -0.15) is 0 Å². The Kier molecular flexibility index (Phi) is 5.77. The average molecular weight is 317 g/mol. The van der Waals surface area contributed by atoms with Gasteiger partial charge in [-0.05, 0) is 76.9 Å². The van der Waals surface area contributed by atoms with Gasteiger partial charge in [0.15, 0.2) is 0 Å². The van der Waals surface area contributed by atoms with E-state index in [9.17, 15) is 9.59 Å². The summed E-state index contributed by atoms with van der Waals surface area (Å²) in [6.07, 6.45) is 2.67. The van der Waals surface area contributed by atoms with Gasteiger partial charge in [0.2, 0.25) is 5.91 Å². The zero-order chi connectivity index (χ0) is 16.9. The summed E-state index contributed by atoms with van der Waals surface area (Å²) in [6.45, 7) is 7.83. The van der Waals surface area contributed by atoms with E-state index in [2.05, 4.69) is 16.0 Å². The van der Waals surface area contributed by atoms with Crippen molar-refractivity contribution in [3.8, 4) is 0 Å². The predicted molar refractivity (Wildman–Crippen MR) is 92.5 cm³/mol. The molecule has 5 heteroatoms. The van der Waals surface area contributed by atoms with Gasteiger partial charge in [-0.15, -0.1) is 0 Å². The molecule has 1 aromatic rings. The van der Waals surface area contributed by atoms with E-state index >= 15 is 0 Å². The van der Waals surface area contributed by atoms with Gasteiger partial charge < -0.3 is 16.0 Å². The van der Waals surface area contributed by atoms with Crippen LogP contribution in [0.5, 0.6) is 0 Å². The van der Waals surface area contributed by atoms with Gasteiger partial charge in [0, 0.05) is 23.2 Å². The van der Waals surface area contributed by atoms with E-state index < -0.39 is 0 Å². The van der Waals surface area contributed by atoms with E-state index in [4.69, 9.17) is 0 Å². The second-order valence-corrected chi connectivity index (χ2v) is 7.23. The molecule has 126 valence electrons. The standard InChI is InChI=1S/C18H27N3O2/c1-18(2,3)21-17(23)14-4-6-15(7-5-14)20-16(22)12-13-8-10-19-11-9-13/h4-7,13,19H,8-12H2,1-3H3,(H,20,22)(H,21,23). The fourth-order valence-electron chi connectivity index (χ4n) is 2.68. The first-order chi connectivity index (χ1) is 10.8. The van der Waals surface area contributed by atoms with Gasteiger partial charge >= 0.3 is 0 Å². The van der Waals surface area contributed by atoms with Crippen LogP contribution >= 0.6 is 0 Å². The average Bonchev–Trinajstić information content (AvgIpc) is 2.47. The number of amides is 2. The van der Waals surface area contributed by atoms with Crippen molar-refractivity contribution in [2.24, 2.45) is 5.92 Å². The number of piperidine rings is 1. The van der Waals surface area contributed by atoms with Gasteiger partial charge in [-0.25, -0.2) is 0 Å². The van der Waals surface area contributed by atoms with Crippen molar-refractivity contribution < 1.29 is 9.59 Å². The lowest BCUT2D eigenvalue weighted by atomic mass is 9.94. The minimum atomic E-state index is -0.265. The molecule has 5 nitrogen and oxygen atoms in total. The number of hydrogen-bond donors (Lipinski definition) is 3. The van der Waals surface area contributed by atoms with Gasteiger partial charge in [0.25, 0.3) is 5.91 Å². The van der Waals surface area contributed by atoms with Crippen LogP contribution in [-0.4, -0.2) is 30.4 Å². The zero-order valence-electron chi connectivity index (χ0n) is 14.2. The summed E-state index contributed by atoms with van der Waals surface area (Å²) >= 11 is 0. The van der Waals surface area contributed by atoms with Crippen LogP contribution in [0.3, 0.4) is 0 Å². The highest BCUT2D eigenvalue weighted by Crippen LogP contribution is 2.17. The number of anilines is 1. The molecule has 1 heterocycles. The maximum absolute atomic E-state index is 12.1. The summed E-state index contributed by atoms with van der Waals surface area (Å²) in [7, 11) is 0. The number of nitrogens with one attached hydrogen (secondary N) is 3. The highest BCUT2D eigenvalue weighted by Gasteiger charge is 2.17. The third-order valence-corrected chi connectivity index (χ3v) is 3.85. The molecular weight excluding hydrogens is 290 g/mol. The molecule has 0 spiro atoms. The van der Waals surface area contributed by atoms with Crippen molar-refractivity contribution in [1.29, 1.82) is 0 Å². The quantitative estimate of drug-likeness (QED) is 0.799. The van der Waals surface area contributed by atoms with Crippen molar-refractivity contribution in [2.75, 3.05) is 18.4 Å². The first-order valence-electron chi connectivity index (χ1n) is 8.27. The smallest absolute Gasteiger partial charge is 0.251 e. The Morgan fingerprint density at radius 1 is 1.13 bits per heavy atom. The molecule has 0 aliphatic carbocycles.